The number of rotatable bonds is 10. The molecule has 0 amide bonds. The third-order valence-corrected chi connectivity index (χ3v) is 17.2. The number of fused-ring (bicyclic) bond motifs is 3. The molecule has 12 atom stereocenters. The molecule has 3 saturated carbocycles. The Morgan fingerprint density at radius 3 is 2.51 bits per heavy atom. The molecule has 9 heteroatoms. The summed E-state index contributed by atoms with van der Waals surface area (Å²) in [5.74, 6) is 1.42. The first kappa shape index (κ1) is 38.6. The van der Waals surface area contributed by atoms with Crippen molar-refractivity contribution in [1.82, 2.24) is 25.1 Å². The van der Waals surface area contributed by atoms with Crippen molar-refractivity contribution in [3.63, 3.8) is 0 Å². The quantitative estimate of drug-likeness (QED) is 0.234. The van der Waals surface area contributed by atoms with Crippen LogP contribution in [0.4, 0.5) is 0 Å². The molecule has 0 unspecified atom stereocenters. The molecule has 1 saturated heterocycles. The first-order valence-electron chi connectivity index (χ1n) is 20.5. The van der Waals surface area contributed by atoms with Gasteiger partial charge in [0.1, 0.15) is 6.33 Å². The van der Waals surface area contributed by atoms with Crippen LogP contribution in [0.15, 0.2) is 42.5 Å². The minimum atomic E-state index is -0.626. The van der Waals surface area contributed by atoms with Gasteiger partial charge < -0.3 is 19.9 Å². The topological polar surface area (TPSA) is 111 Å². The summed E-state index contributed by atoms with van der Waals surface area (Å²) in [6.07, 6.45) is 13.4. The number of carboxylic acid groups (broad SMARTS) is 1. The van der Waals surface area contributed by atoms with Crippen molar-refractivity contribution >= 4 is 5.97 Å². The number of nitrogens with zero attached hydrogens (tertiary/aromatic N) is 4. The normalized spacial score (nSPS) is 41.2. The maximum absolute atomic E-state index is 13.7. The summed E-state index contributed by atoms with van der Waals surface area (Å²) in [7, 11) is 2.04. The summed E-state index contributed by atoms with van der Waals surface area (Å²) in [6.45, 7) is 25.0. The van der Waals surface area contributed by atoms with E-state index in [-0.39, 0.29) is 39.8 Å². The lowest BCUT2D eigenvalue weighted by Crippen LogP contribution is -2.70. The number of likely N-dealkylation sites (N-methyl/N-ethyl adjacent to an activating group) is 1. The van der Waals surface area contributed by atoms with Gasteiger partial charge in [-0.3, -0.25) is 9.78 Å². The molecule has 0 spiro atoms. The second-order valence-electron chi connectivity index (χ2n) is 20.0. The molecule has 292 valence electrons. The Balaban J connectivity index is 1.41. The van der Waals surface area contributed by atoms with E-state index < -0.39 is 22.7 Å². The van der Waals surface area contributed by atoms with E-state index in [2.05, 4.69) is 96.4 Å². The Morgan fingerprint density at radius 2 is 1.87 bits per heavy atom. The van der Waals surface area contributed by atoms with Gasteiger partial charge in [-0.05, 0) is 116 Å². The van der Waals surface area contributed by atoms with Crippen LogP contribution >= 0.6 is 0 Å². The van der Waals surface area contributed by atoms with E-state index in [9.17, 15) is 9.90 Å². The first-order chi connectivity index (χ1) is 24.9. The predicted molar refractivity (Wildman–Crippen MR) is 208 cm³/mol. The number of nitrogens with one attached hydrogen (secondary N) is 1. The van der Waals surface area contributed by atoms with Crippen molar-refractivity contribution in [3.8, 4) is 11.4 Å². The fraction of sp³-hybridized carbons (Fsp3) is 0.773. The predicted octanol–water partition coefficient (Wildman–Crippen LogP) is 8.49. The van der Waals surface area contributed by atoms with Crippen LogP contribution in [-0.4, -0.2) is 69.3 Å². The van der Waals surface area contributed by atoms with Crippen LogP contribution in [0.2, 0.25) is 0 Å². The summed E-state index contributed by atoms with van der Waals surface area (Å²) < 4.78 is 16.5. The van der Waals surface area contributed by atoms with Gasteiger partial charge in [-0.2, -0.15) is 5.10 Å². The number of allylic oxidation sites excluding steroid dienone is 1. The third kappa shape index (κ3) is 5.47. The molecule has 3 heterocycles. The monoisotopic (exact) mass is 730 g/mol. The fourth-order valence-electron chi connectivity index (χ4n) is 13.1. The van der Waals surface area contributed by atoms with Crippen molar-refractivity contribution in [2.24, 2.45) is 62.6 Å². The number of aromatic nitrogens is 4. The zero-order valence-electron chi connectivity index (χ0n) is 34.4. The zero-order chi connectivity index (χ0) is 38.4. The van der Waals surface area contributed by atoms with Crippen LogP contribution in [0, 0.1) is 62.6 Å². The highest BCUT2D eigenvalue weighted by molar-refractivity contribution is 5.73. The van der Waals surface area contributed by atoms with Gasteiger partial charge in [0.2, 0.25) is 0 Å². The Hall–Kier alpha value is -2.62. The van der Waals surface area contributed by atoms with E-state index in [0.29, 0.717) is 43.5 Å². The number of hydrogen-bond donors (Lipinski definition) is 2. The molecular formula is C44H67N5O4. The van der Waals surface area contributed by atoms with Crippen molar-refractivity contribution in [2.75, 3.05) is 26.9 Å². The lowest BCUT2D eigenvalue weighted by molar-refractivity contribution is -0.254. The Bertz CT molecular complexity index is 1710. The van der Waals surface area contributed by atoms with Crippen molar-refractivity contribution in [2.45, 2.75) is 125 Å². The average molecular weight is 730 g/mol. The highest BCUT2D eigenvalue weighted by Crippen LogP contribution is 2.75. The molecule has 4 fully saturated rings. The van der Waals surface area contributed by atoms with Crippen LogP contribution < -0.4 is 5.32 Å². The summed E-state index contributed by atoms with van der Waals surface area (Å²) in [5.41, 5.74) is 0.823. The molecule has 9 nitrogen and oxygen atoms in total. The van der Waals surface area contributed by atoms with Gasteiger partial charge in [-0.15, -0.1) is 0 Å². The molecular weight excluding hydrogens is 663 g/mol. The summed E-state index contributed by atoms with van der Waals surface area (Å²) in [5, 5.41) is 19.8. The minimum absolute atomic E-state index is 0.0832. The lowest BCUT2D eigenvalue weighted by atomic mass is 9.34. The van der Waals surface area contributed by atoms with Crippen molar-refractivity contribution in [3.05, 3.63) is 42.5 Å². The van der Waals surface area contributed by atoms with Crippen LogP contribution in [-0.2, 0) is 14.3 Å². The maximum Gasteiger partial charge on any atom is 0.307 e. The van der Waals surface area contributed by atoms with Gasteiger partial charge in [-0.1, -0.05) is 74.0 Å². The molecule has 0 radical (unpaired) electrons. The smallest absolute Gasteiger partial charge is 0.307 e. The maximum atomic E-state index is 13.7. The Morgan fingerprint density at radius 1 is 1.11 bits per heavy atom. The number of carboxylic acids is 1. The summed E-state index contributed by atoms with van der Waals surface area (Å²) in [6, 6.07) is 3.94. The molecule has 5 aliphatic rings. The molecule has 0 aromatic carbocycles. The van der Waals surface area contributed by atoms with E-state index in [1.54, 1.807) is 12.5 Å². The van der Waals surface area contributed by atoms with Gasteiger partial charge in [0.05, 0.1) is 37.9 Å². The summed E-state index contributed by atoms with van der Waals surface area (Å²) >= 11 is 0. The Kier molecular flexibility index (Phi) is 9.67. The first-order valence-corrected chi connectivity index (χ1v) is 20.5. The number of ether oxygens (including phenoxy) is 2. The van der Waals surface area contributed by atoms with E-state index in [1.807, 2.05) is 19.3 Å². The second kappa shape index (κ2) is 13.3. The molecule has 53 heavy (non-hydrogen) atoms. The molecule has 2 aromatic rings. The average Bonchev–Trinajstić information content (AvgIpc) is 3.61. The molecule has 4 aliphatic carbocycles. The molecule has 7 rings (SSSR count). The molecule has 2 N–H and O–H groups in total. The Labute approximate surface area is 318 Å². The molecule has 2 aromatic heterocycles. The standard InChI is InChI=1S/C44H67N5O4/c1-27(2)29(5)40(7)18-19-41(8)31-14-15-34-39(6)21-33(49-37(47-26-48-49)30-13-12-20-46-22-30)36(53-24-43(10,45-11)28(3)4)44(34,25-52-23-39)32(31)16-17-42(41,9)35(40)38(50)51/h12-13,16,20,22,26-29,31,33-36,45H,14-15,17-19,21,23-25H2,1-11H3,(H,50,51)/t29-,31+,33-,34-,35-,36+,39-,40-,41-,42+,43+,44+/m1/s1. The van der Waals surface area contributed by atoms with Crippen LogP contribution in [0.25, 0.3) is 11.4 Å². The fourth-order valence-corrected chi connectivity index (χ4v) is 13.1. The van der Waals surface area contributed by atoms with Gasteiger partial charge in [0, 0.05) is 28.9 Å². The number of pyridine rings is 1. The van der Waals surface area contributed by atoms with Crippen LogP contribution in [0.1, 0.15) is 114 Å². The van der Waals surface area contributed by atoms with Gasteiger partial charge in [-0.25, -0.2) is 9.67 Å². The largest absolute Gasteiger partial charge is 0.481 e. The number of carbonyl (C=O) groups is 1. The van der Waals surface area contributed by atoms with Crippen molar-refractivity contribution in [1.29, 1.82) is 0 Å². The van der Waals surface area contributed by atoms with Gasteiger partial charge in [0.15, 0.2) is 5.82 Å². The molecule has 1 aliphatic heterocycles. The lowest BCUT2D eigenvalue weighted by Gasteiger charge is -2.71. The zero-order valence-corrected chi connectivity index (χ0v) is 34.4. The summed E-state index contributed by atoms with van der Waals surface area (Å²) in [4.78, 5) is 22.9. The van der Waals surface area contributed by atoms with E-state index >= 15 is 0 Å². The highest BCUT2D eigenvalue weighted by atomic mass is 16.5. The van der Waals surface area contributed by atoms with E-state index in [0.717, 1.165) is 49.9 Å². The van der Waals surface area contributed by atoms with Crippen LogP contribution in [0.5, 0.6) is 0 Å². The van der Waals surface area contributed by atoms with Crippen molar-refractivity contribution < 1.29 is 19.4 Å². The van der Waals surface area contributed by atoms with E-state index in [1.165, 1.54) is 5.57 Å². The third-order valence-electron chi connectivity index (χ3n) is 17.2. The number of hydrogen-bond acceptors (Lipinski definition) is 7. The van der Waals surface area contributed by atoms with Gasteiger partial charge >= 0.3 is 5.97 Å². The molecule has 2 bridgehead atoms. The minimum Gasteiger partial charge on any atom is -0.481 e. The van der Waals surface area contributed by atoms with Gasteiger partial charge in [0.25, 0.3) is 0 Å². The highest BCUT2D eigenvalue weighted by Gasteiger charge is 2.72. The SMILES string of the molecule is CN[C@@](C)(CO[C@H]1[C@H](n2ncnc2-c2cccnc2)C[C@]2(C)COC[C@@]13C1=CC[C@@]4(C)[C@H](C(=O)O)[C@@](C)([C@H](C)C(C)C)CC[C@]4(C)[C@H]1CC[C@H]23)C(C)C. The van der Waals surface area contributed by atoms with Crippen LogP contribution in [0.3, 0.4) is 0 Å². The number of aliphatic carboxylic acids is 1. The van der Waals surface area contributed by atoms with E-state index in [4.69, 9.17) is 19.6 Å². The second-order valence-corrected chi connectivity index (χ2v) is 20.0.